The van der Waals surface area contributed by atoms with E-state index in [1.807, 2.05) is 0 Å². The zero-order chi connectivity index (χ0) is 11.1. The molecule has 1 heteroatoms. The molecule has 82 valence electrons. The van der Waals surface area contributed by atoms with Crippen LogP contribution in [0.5, 0.6) is 0 Å². The molecule has 0 aliphatic carbocycles. The van der Waals surface area contributed by atoms with Crippen molar-refractivity contribution in [2.75, 3.05) is 0 Å². The van der Waals surface area contributed by atoms with Gasteiger partial charge in [0.15, 0.2) is 0 Å². The van der Waals surface area contributed by atoms with E-state index in [2.05, 4.69) is 67.4 Å². The van der Waals surface area contributed by atoms with Gasteiger partial charge >= 0.3 is 0 Å². The monoisotopic (exact) mass is 211 g/mol. The summed E-state index contributed by atoms with van der Waals surface area (Å²) in [4.78, 5) is 2.47. The Morgan fingerprint density at radius 3 is 2.56 bits per heavy atom. The van der Waals surface area contributed by atoms with Crippen LogP contribution in [0.4, 0.5) is 0 Å². The first-order valence-electron chi connectivity index (χ1n) is 6.00. The van der Waals surface area contributed by atoms with Crippen LogP contribution >= 0.6 is 0 Å². The van der Waals surface area contributed by atoms with E-state index in [0.717, 1.165) is 0 Å². The Kier molecular flexibility index (Phi) is 2.13. The minimum absolute atomic E-state index is 0.437. The van der Waals surface area contributed by atoms with Crippen LogP contribution < -0.4 is 0 Å². The quantitative estimate of drug-likeness (QED) is 0.633. The van der Waals surface area contributed by atoms with E-state index in [4.69, 9.17) is 0 Å². The van der Waals surface area contributed by atoms with Crippen molar-refractivity contribution in [2.45, 2.75) is 31.8 Å². The molecule has 0 amide bonds. The van der Waals surface area contributed by atoms with E-state index >= 15 is 0 Å². The van der Waals surface area contributed by atoms with Crippen molar-refractivity contribution in [1.82, 2.24) is 4.90 Å². The predicted molar refractivity (Wildman–Crippen MR) is 67.2 cm³/mol. The number of allylic oxidation sites excluding steroid dienone is 2. The van der Waals surface area contributed by atoms with Gasteiger partial charge in [-0.1, -0.05) is 43.3 Å². The van der Waals surface area contributed by atoms with Gasteiger partial charge in [-0.15, -0.1) is 0 Å². The molecule has 2 aliphatic heterocycles. The van der Waals surface area contributed by atoms with Gasteiger partial charge in [0.25, 0.3) is 0 Å². The fourth-order valence-electron chi connectivity index (χ4n) is 2.88. The lowest BCUT2D eigenvalue weighted by atomic mass is 9.81. The van der Waals surface area contributed by atoms with Crippen molar-refractivity contribution >= 4 is 0 Å². The largest absolute Gasteiger partial charge is 0.364 e. The van der Waals surface area contributed by atoms with Crippen LogP contribution in [0.25, 0.3) is 0 Å². The molecule has 0 bridgehead atoms. The average Bonchev–Trinajstić information content (AvgIpc) is 2.36. The molecular weight excluding hydrogens is 194 g/mol. The van der Waals surface area contributed by atoms with E-state index in [9.17, 15) is 0 Å². The van der Waals surface area contributed by atoms with Crippen LogP contribution in [0, 0.1) is 0 Å². The Bertz CT molecular complexity index is 458. The van der Waals surface area contributed by atoms with Crippen LogP contribution in [0.2, 0.25) is 0 Å². The fraction of sp³-hybridized carbons (Fsp3) is 0.333. The molecule has 3 unspecified atom stereocenters. The zero-order valence-electron chi connectivity index (χ0n) is 9.80. The van der Waals surface area contributed by atoms with E-state index in [1.54, 1.807) is 0 Å². The molecule has 1 aromatic carbocycles. The molecule has 0 saturated carbocycles. The first-order chi connectivity index (χ1) is 7.79. The number of hydrogen-bond donors (Lipinski definition) is 0. The molecule has 0 saturated heterocycles. The molecule has 2 heterocycles. The highest BCUT2D eigenvalue weighted by molar-refractivity contribution is 5.40. The summed E-state index contributed by atoms with van der Waals surface area (Å²) < 4.78 is 0. The van der Waals surface area contributed by atoms with Crippen molar-refractivity contribution < 1.29 is 0 Å². The molecule has 0 aromatic heterocycles. The molecule has 0 fully saturated rings. The summed E-state index contributed by atoms with van der Waals surface area (Å²) in [5, 5.41) is 0. The number of rotatable bonds is 0. The Hall–Kier alpha value is -1.50. The summed E-state index contributed by atoms with van der Waals surface area (Å²) in [6.45, 7) is 4.64. The van der Waals surface area contributed by atoms with E-state index in [1.165, 1.54) is 11.1 Å². The summed E-state index contributed by atoms with van der Waals surface area (Å²) >= 11 is 0. The second-order valence-electron chi connectivity index (χ2n) is 4.78. The van der Waals surface area contributed by atoms with Crippen molar-refractivity contribution in [3.05, 3.63) is 59.8 Å². The minimum atomic E-state index is 0.437. The van der Waals surface area contributed by atoms with Gasteiger partial charge in [-0.25, -0.2) is 0 Å². The van der Waals surface area contributed by atoms with Crippen LogP contribution in [-0.2, 0) is 0 Å². The molecule has 3 rings (SSSR count). The van der Waals surface area contributed by atoms with Gasteiger partial charge in [-0.2, -0.15) is 0 Å². The maximum absolute atomic E-state index is 2.47. The van der Waals surface area contributed by atoms with Gasteiger partial charge in [0.1, 0.15) is 0 Å². The highest BCUT2D eigenvalue weighted by atomic mass is 15.2. The summed E-state index contributed by atoms with van der Waals surface area (Å²) in [6, 6.07) is 9.85. The van der Waals surface area contributed by atoms with Crippen molar-refractivity contribution in [2.24, 2.45) is 0 Å². The van der Waals surface area contributed by atoms with Gasteiger partial charge in [0.05, 0.1) is 6.04 Å². The van der Waals surface area contributed by atoms with Crippen molar-refractivity contribution in [3.8, 4) is 0 Å². The smallest absolute Gasteiger partial charge is 0.0730 e. The lowest BCUT2D eigenvalue weighted by Gasteiger charge is -2.44. The van der Waals surface area contributed by atoms with Gasteiger partial charge in [0.2, 0.25) is 0 Å². The van der Waals surface area contributed by atoms with Gasteiger partial charge in [0, 0.05) is 18.2 Å². The van der Waals surface area contributed by atoms with Crippen LogP contribution in [0.15, 0.2) is 48.7 Å². The molecular formula is C15H17N. The topological polar surface area (TPSA) is 3.24 Å². The zero-order valence-corrected chi connectivity index (χ0v) is 9.80. The van der Waals surface area contributed by atoms with E-state index in [-0.39, 0.29) is 0 Å². The molecule has 3 atom stereocenters. The average molecular weight is 211 g/mol. The van der Waals surface area contributed by atoms with Gasteiger partial charge in [-0.05, 0) is 24.1 Å². The Morgan fingerprint density at radius 2 is 1.75 bits per heavy atom. The molecule has 0 spiro atoms. The maximum atomic E-state index is 2.47. The third kappa shape index (κ3) is 1.24. The molecule has 1 aromatic rings. The normalized spacial score (nSPS) is 31.1. The standard InChI is InChI=1S/C15H17N/c1-11-12(2)16-10-6-5-9-15(16)14-8-4-3-7-13(11)14/h3-12,15H,1-2H3. The first-order valence-corrected chi connectivity index (χ1v) is 6.00. The van der Waals surface area contributed by atoms with Crippen molar-refractivity contribution in [1.29, 1.82) is 0 Å². The third-order valence-corrected chi connectivity index (χ3v) is 3.98. The summed E-state index contributed by atoms with van der Waals surface area (Å²) in [5.41, 5.74) is 2.98. The van der Waals surface area contributed by atoms with Crippen LogP contribution in [0.3, 0.4) is 0 Å². The number of fused-ring (bicyclic) bond motifs is 3. The summed E-state index contributed by atoms with van der Waals surface area (Å²) in [6.07, 6.45) is 8.80. The van der Waals surface area contributed by atoms with Crippen LogP contribution in [0.1, 0.15) is 36.9 Å². The summed E-state index contributed by atoms with van der Waals surface area (Å²) in [5.74, 6) is 0.601. The number of benzene rings is 1. The SMILES string of the molecule is CC1c2ccccc2C2C=CC=CN2C1C. The number of nitrogens with zero attached hydrogens (tertiary/aromatic N) is 1. The van der Waals surface area contributed by atoms with Crippen molar-refractivity contribution in [3.63, 3.8) is 0 Å². The molecule has 0 radical (unpaired) electrons. The van der Waals surface area contributed by atoms with E-state index < -0.39 is 0 Å². The fourth-order valence-corrected chi connectivity index (χ4v) is 2.88. The molecule has 0 N–H and O–H groups in total. The first kappa shape index (κ1) is 9.71. The Labute approximate surface area is 97.1 Å². The Balaban J connectivity index is 2.16. The van der Waals surface area contributed by atoms with Gasteiger partial charge < -0.3 is 4.90 Å². The van der Waals surface area contributed by atoms with E-state index in [0.29, 0.717) is 18.0 Å². The highest BCUT2D eigenvalue weighted by Crippen LogP contribution is 2.41. The predicted octanol–water partition coefficient (Wildman–Crippen LogP) is 3.62. The number of hydrogen-bond acceptors (Lipinski definition) is 1. The molecule has 2 aliphatic rings. The second kappa shape index (κ2) is 3.51. The Morgan fingerprint density at radius 1 is 1.00 bits per heavy atom. The minimum Gasteiger partial charge on any atom is -0.364 e. The maximum Gasteiger partial charge on any atom is 0.0730 e. The van der Waals surface area contributed by atoms with Gasteiger partial charge in [-0.3, -0.25) is 0 Å². The van der Waals surface area contributed by atoms with Crippen LogP contribution in [-0.4, -0.2) is 10.9 Å². The second-order valence-corrected chi connectivity index (χ2v) is 4.78. The molecule has 1 nitrogen and oxygen atoms in total. The molecule has 16 heavy (non-hydrogen) atoms. The lowest BCUT2D eigenvalue weighted by Crippen LogP contribution is -2.40. The summed E-state index contributed by atoms with van der Waals surface area (Å²) in [7, 11) is 0. The lowest BCUT2D eigenvalue weighted by molar-refractivity contribution is 0.202. The third-order valence-electron chi connectivity index (χ3n) is 3.98. The highest BCUT2D eigenvalue weighted by Gasteiger charge is 2.33.